The Morgan fingerprint density at radius 1 is 0.882 bits per heavy atom. The third-order valence-electron chi connectivity index (χ3n) is 8.69. The van der Waals surface area contributed by atoms with Crippen molar-refractivity contribution in [2.75, 3.05) is 62.7 Å². The van der Waals surface area contributed by atoms with Gasteiger partial charge < -0.3 is 14.5 Å². The maximum absolute atomic E-state index is 5.63. The molecule has 0 N–H and O–H groups in total. The van der Waals surface area contributed by atoms with Gasteiger partial charge in [0.1, 0.15) is 0 Å². The highest BCUT2D eigenvalue weighted by Crippen LogP contribution is 2.53. The van der Waals surface area contributed by atoms with Crippen LogP contribution in [0.4, 0.5) is 11.4 Å². The summed E-state index contributed by atoms with van der Waals surface area (Å²) in [5, 5.41) is 0. The highest BCUT2D eigenvalue weighted by atomic mass is 16.5. The molecule has 1 saturated carbocycles. The van der Waals surface area contributed by atoms with Gasteiger partial charge in [-0.2, -0.15) is 0 Å². The summed E-state index contributed by atoms with van der Waals surface area (Å²) in [7, 11) is 1.86. The van der Waals surface area contributed by atoms with Crippen LogP contribution in [0.15, 0.2) is 18.2 Å². The number of hydrogen-bond acceptors (Lipinski definition) is 4. The molecule has 1 aliphatic carbocycles. The SMILES string of the molecule is CCCCN1CCN(c2ccc(N3CCC(OC)CC3)cc2C2CC(C)(C)CC(C)(C)C2)CC1. The predicted molar refractivity (Wildman–Crippen MR) is 146 cm³/mol. The zero-order valence-corrected chi connectivity index (χ0v) is 23.0. The number of piperidine rings is 1. The Morgan fingerprint density at radius 3 is 2.12 bits per heavy atom. The zero-order chi connectivity index (χ0) is 24.3. The number of rotatable bonds is 7. The van der Waals surface area contributed by atoms with E-state index in [1.807, 2.05) is 7.11 Å². The van der Waals surface area contributed by atoms with Crippen molar-refractivity contribution in [3.05, 3.63) is 23.8 Å². The third kappa shape index (κ3) is 6.29. The van der Waals surface area contributed by atoms with Gasteiger partial charge in [0.25, 0.3) is 0 Å². The van der Waals surface area contributed by atoms with E-state index in [1.165, 1.54) is 63.1 Å². The van der Waals surface area contributed by atoms with Crippen LogP contribution >= 0.6 is 0 Å². The maximum atomic E-state index is 5.63. The molecule has 1 aromatic carbocycles. The van der Waals surface area contributed by atoms with Gasteiger partial charge in [-0.15, -0.1) is 0 Å². The van der Waals surface area contributed by atoms with Crippen molar-refractivity contribution < 1.29 is 4.74 Å². The molecule has 1 aromatic rings. The smallest absolute Gasteiger partial charge is 0.0605 e. The molecule has 4 rings (SSSR count). The molecule has 0 unspecified atom stereocenters. The van der Waals surface area contributed by atoms with E-state index in [9.17, 15) is 0 Å². The average molecular weight is 470 g/mol. The van der Waals surface area contributed by atoms with Gasteiger partial charge in [0.2, 0.25) is 0 Å². The van der Waals surface area contributed by atoms with Crippen molar-refractivity contribution in [1.82, 2.24) is 4.90 Å². The summed E-state index contributed by atoms with van der Waals surface area (Å²) in [6.45, 7) is 20.5. The van der Waals surface area contributed by atoms with Gasteiger partial charge in [0.05, 0.1) is 6.10 Å². The summed E-state index contributed by atoms with van der Waals surface area (Å²) in [6, 6.07) is 7.48. The standard InChI is InChI=1S/C30H51N3O/c1-7-8-13-31-16-18-33(19-17-31)28-10-9-25(32-14-11-26(34-6)12-15-32)20-27(28)24-21-29(2,3)23-30(4,5)22-24/h9-10,20,24,26H,7-8,11-19,21-23H2,1-6H3. The van der Waals surface area contributed by atoms with Gasteiger partial charge >= 0.3 is 0 Å². The monoisotopic (exact) mass is 469 g/mol. The van der Waals surface area contributed by atoms with E-state index in [1.54, 1.807) is 5.56 Å². The van der Waals surface area contributed by atoms with Crippen LogP contribution in [0.2, 0.25) is 0 Å². The number of ether oxygens (including phenoxy) is 1. The Bertz CT molecular complexity index is 772. The highest BCUT2D eigenvalue weighted by Gasteiger charge is 2.40. The second-order valence-electron chi connectivity index (χ2n) is 13.0. The van der Waals surface area contributed by atoms with Gasteiger partial charge in [-0.3, -0.25) is 4.90 Å². The molecule has 4 heteroatoms. The lowest BCUT2D eigenvalue weighted by molar-refractivity contribution is 0.0819. The number of unbranched alkanes of at least 4 members (excludes halogenated alkanes) is 1. The molecule has 0 amide bonds. The third-order valence-corrected chi connectivity index (χ3v) is 8.69. The number of piperazine rings is 1. The van der Waals surface area contributed by atoms with E-state index in [4.69, 9.17) is 4.74 Å². The van der Waals surface area contributed by atoms with Crippen LogP contribution in [0.3, 0.4) is 0 Å². The van der Waals surface area contributed by atoms with Crippen LogP contribution in [-0.4, -0.2) is 63.9 Å². The quantitative estimate of drug-likeness (QED) is 0.451. The number of methoxy groups -OCH3 is 1. The first-order valence-electron chi connectivity index (χ1n) is 14.1. The van der Waals surface area contributed by atoms with Crippen molar-refractivity contribution in [2.45, 2.75) is 91.6 Å². The van der Waals surface area contributed by atoms with E-state index in [-0.39, 0.29) is 0 Å². The zero-order valence-electron chi connectivity index (χ0n) is 23.0. The highest BCUT2D eigenvalue weighted by molar-refractivity contribution is 5.64. The van der Waals surface area contributed by atoms with Gasteiger partial charge in [-0.05, 0) is 85.6 Å². The first-order valence-corrected chi connectivity index (χ1v) is 14.1. The fourth-order valence-electron chi connectivity index (χ4n) is 7.36. The van der Waals surface area contributed by atoms with Crippen LogP contribution in [0, 0.1) is 10.8 Å². The molecular formula is C30H51N3O. The Kier molecular flexibility index (Phi) is 8.19. The molecule has 2 saturated heterocycles. The normalized spacial score (nSPS) is 24.5. The Balaban J connectivity index is 1.59. The van der Waals surface area contributed by atoms with Crippen molar-refractivity contribution in [1.29, 1.82) is 0 Å². The molecule has 0 radical (unpaired) electrons. The molecule has 3 fully saturated rings. The fraction of sp³-hybridized carbons (Fsp3) is 0.800. The summed E-state index contributed by atoms with van der Waals surface area (Å²) in [4.78, 5) is 7.97. The van der Waals surface area contributed by atoms with Crippen LogP contribution in [-0.2, 0) is 4.74 Å². The molecule has 4 nitrogen and oxygen atoms in total. The van der Waals surface area contributed by atoms with Gasteiger partial charge in [-0.1, -0.05) is 41.0 Å². The van der Waals surface area contributed by atoms with Gasteiger partial charge in [-0.25, -0.2) is 0 Å². The minimum atomic E-state index is 0.398. The number of anilines is 2. The summed E-state index contributed by atoms with van der Waals surface area (Å²) >= 11 is 0. The lowest BCUT2D eigenvalue weighted by atomic mass is 9.60. The molecular weight excluding hydrogens is 418 g/mol. The van der Waals surface area contributed by atoms with Gasteiger partial charge in [0, 0.05) is 57.8 Å². The first kappa shape index (κ1) is 25.8. The van der Waals surface area contributed by atoms with Crippen LogP contribution in [0.1, 0.15) is 91.0 Å². The van der Waals surface area contributed by atoms with Crippen LogP contribution in [0.25, 0.3) is 0 Å². The summed E-state index contributed by atoms with van der Waals surface area (Å²) < 4.78 is 5.63. The second-order valence-corrected chi connectivity index (χ2v) is 13.0. The minimum Gasteiger partial charge on any atom is -0.381 e. The predicted octanol–water partition coefficient (Wildman–Crippen LogP) is 6.54. The molecule has 0 spiro atoms. The largest absolute Gasteiger partial charge is 0.381 e. The Hall–Kier alpha value is -1.26. The van der Waals surface area contributed by atoms with E-state index >= 15 is 0 Å². The second kappa shape index (κ2) is 10.8. The summed E-state index contributed by atoms with van der Waals surface area (Å²) in [5.41, 5.74) is 5.36. The molecule has 0 bridgehead atoms. The van der Waals surface area contributed by atoms with Crippen LogP contribution < -0.4 is 9.80 Å². The topological polar surface area (TPSA) is 19.0 Å². The fourth-order valence-corrected chi connectivity index (χ4v) is 7.36. The molecule has 0 atom stereocenters. The van der Waals surface area contributed by atoms with E-state index in [0.29, 0.717) is 22.9 Å². The van der Waals surface area contributed by atoms with Crippen molar-refractivity contribution in [3.63, 3.8) is 0 Å². The van der Waals surface area contributed by atoms with Crippen molar-refractivity contribution in [2.24, 2.45) is 10.8 Å². The van der Waals surface area contributed by atoms with Crippen LogP contribution in [0.5, 0.6) is 0 Å². The molecule has 3 aliphatic rings. The average Bonchev–Trinajstić information content (AvgIpc) is 2.81. The van der Waals surface area contributed by atoms with E-state index in [0.717, 1.165) is 39.0 Å². The molecule has 34 heavy (non-hydrogen) atoms. The molecule has 2 aliphatic heterocycles. The van der Waals surface area contributed by atoms with Crippen molar-refractivity contribution >= 4 is 11.4 Å². The lowest BCUT2D eigenvalue weighted by Crippen LogP contribution is -2.47. The number of nitrogens with zero attached hydrogens (tertiary/aromatic N) is 3. The van der Waals surface area contributed by atoms with E-state index < -0.39 is 0 Å². The maximum Gasteiger partial charge on any atom is 0.0605 e. The summed E-state index contributed by atoms with van der Waals surface area (Å²) in [5.74, 6) is 0.642. The molecule has 2 heterocycles. The molecule has 192 valence electrons. The first-order chi connectivity index (χ1) is 16.2. The van der Waals surface area contributed by atoms with Gasteiger partial charge in [0.15, 0.2) is 0 Å². The number of hydrogen-bond donors (Lipinski definition) is 0. The van der Waals surface area contributed by atoms with E-state index in [2.05, 4.69) is 67.5 Å². The Labute approximate surface area is 210 Å². The number of benzene rings is 1. The van der Waals surface area contributed by atoms with Crippen molar-refractivity contribution in [3.8, 4) is 0 Å². The minimum absolute atomic E-state index is 0.398. The summed E-state index contributed by atoms with van der Waals surface area (Å²) in [6.07, 6.45) is 9.25. The lowest BCUT2D eigenvalue weighted by Gasteiger charge is -2.46. The Morgan fingerprint density at radius 2 is 1.53 bits per heavy atom. The molecule has 0 aromatic heterocycles.